The van der Waals surface area contributed by atoms with Crippen LogP contribution in [0.1, 0.15) is 33.7 Å². The molecular weight excluding hydrogens is 224 g/mol. The van der Waals surface area contributed by atoms with E-state index in [1.54, 1.807) is 0 Å². The maximum atomic E-state index is 11.0. The summed E-state index contributed by atoms with van der Waals surface area (Å²) in [7, 11) is 4.00. The number of thiazole rings is 1. The van der Waals surface area contributed by atoms with E-state index in [9.17, 15) is 4.79 Å². The topological polar surface area (TPSA) is 53.4 Å². The van der Waals surface area contributed by atoms with Gasteiger partial charge in [0.05, 0.1) is 10.7 Å². The van der Waals surface area contributed by atoms with Gasteiger partial charge in [-0.05, 0) is 20.5 Å². The number of likely N-dealkylation sites (N-methyl/N-ethyl adjacent to an activating group) is 1. The van der Waals surface area contributed by atoms with Gasteiger partial charge in [-0.15, -0.1) is 11.3 Å². The monoisotopic (exact) mass is 242 g/mol. The Morgan fingerprint density at radius 1 is 1.44 bits per heavy atom. The van der Waals surface area contributed by atoms with E-state index in [1.807, 2.05) is 21.0 Å². The first kappa shape index (κ1) is 13.1. The fraction of sp³-hybridized carbons (Fsp3) is 0.636. The van der Waals surface area contributed by atoms with Crippen molar-refractivity contribution >= 4 is 17.3 Å². The van der Waals surface area contributed by atoms with Gasteiger partial charge < -0.3 is 10.0 Å². The van der Waals surface area contributed by atoms with E-state index in [4.69, 9.17) is 5.11 Å². The van der Waals surface area contributed by atoms with Crippen LogP contribution in [-0.2, 0) is 12.8 Å². The molecule has 0 spiro atoms. The minimum atomic E-state index is -0.850. The lowest BCUT2D eigenvalue weighted by Crippen LogP contribution is -2.14. The van der Waals surface area contributed by atoms with Gasteiger partial charge >= 0.3 is 5.97 Å². The summed E-state index contributed by atoms with van der Waals surface area (Å²) in [6.07, 6.45) is 2.50. The third-order valence-corrected chi connectivity index (χ3v) is 3.34. The number of aryl methyl sites for hydroxylation is 1. The SMILES string of the molecule is CCCc1nc(CCN(C)C)sc1C(=O)O. The lowest BCUT2D eigenvalue weighted by atomic mass is 10.2. The molecule has 0 bridgehead atoms. The summed E-state index contributed by atoms with van der Waals surface area (Å²) in [6, 6.07) is 0. The van der Waals surface area contributed by atoms with Crippen LogP contribution in [-0.4, -0.2) is 41.6 Å². The second-order valence-corrected chi connectivity index (χ2v) is 5.08. The predicted molar refractivity (Wildman–Crippen MR) is 65.3 cm³/mol. The summed E-state index contributed by atoms with van der Waals surface area (Å²) in [5.41, 5.74) is 0.744. The molecule has 1 aromatic rings. The van der Waals surface area contributed by atoms with Crippen molar-refractivity contribution in [2.75, 3.05) is 20.6 Å². The van der Waals surface area contributed by atoms with Crippen LogP contribution >= 0.6 is 11.3 Å². The molecule has 0 aliphatic carbocycles. The molecule has 90 valence electrons. The van der Waals surface area contributed by atoms with Gasteiger partial charge in [0, 0.05) is 13.0 Å². The van der Waals surface area contributed by atoms with E-state index in [0.717, 1.165) is 36.5 Å². The van der Waals surface area contributed by atoms with Crippen molar-refractivity contribution in [2.45, 2.75) is 26.2 Å². The van der Waals surface area contributed by atoms with Gasteiger partial charge in [0.15, 0.2) is 0 Å². The van der Waals surface area contributed by atoms with E-state index in [1.165, 1.54) is 11.3 Å². The first-order chi connectivity index (χ1) is 7.54. The Labute approximate surface area is 99.9 Å². The Morgan fingerprint density at radius 2 is 2.12 bits per heavy atom. The molecule has 0 atom stereocenters. The van der Waals surface area contributed by atoms with Crippen LogP contribution in [0.2, 0.25) is 0 Å². The molecule has 0 radical (unpaired) electrons. The largest absolute Gasteiger partial charge is 0.477 e. The van der Waals surface area contributed by atoms with Crippen molar-refractivity contribution in [3.8, 4) is 0 Å². The maximum Gasteiger partial charge on any atom is 0.347 e. The summed E-state index contributed by atoms with van der Waals surface area (Å²) in [5, 5.41) is 9.97. The zero-order chi connectivity index (χ0) is 12.1. The Balaban J connectivity index is 2.79. The predicted octanol–water partition coefficient (Wildman–Crippen LogP) is 1.90. The summed E-state index contributed by atoms with van der Waals surface area (Å²) >= 11 is 1.31. The second kappa shape index (κ2) is 5.96. The van der Waals surface area contributed by atoms with Gasteiger partial charge in [0.1, 0.15) is 4.88 Å². The number of aromatic carboxylic acids is 1. The summed E-state index contributed by atoms with van der Waals surface area (Å²) in [4.78, 5) is 17.9. The minimum absolute atomic E-state index is 0.413. The Kier molecular flexibility index (Phi) is 4.89. The molecule has 1 aromatic heterocycles. The average Bonchev–Trinajstić information content (AvgIpc) is 2.59. The third kappa shape index (κ3) is 3.57. The van der Waals surface area contributed by atoms with Crippen LogP contribution in [0.4, 0.5) is 0 Å². The highest BCUT2D eigenvalue weighted by atomic mass is 32.1. The molecule has 1 N–H and O–H groups in total. The van der Waals surface area contributed by atoms with Gasteiger partial charge in [-0.1, -0.05) is 13.3 Å². The minimum Gasteiger partial charge on any atom is -0.477 e. The van der Waals surface area contributed by atoms with E-state index < -0.39 is 5.97 Å². The number of hydrogen-bond acceptors (Lipinski definition) is 4. The smallest absolute Gasteiger partial charge is 0.347 e. The highest BCUT2D eigenvalue weighted by Crippen LogP contribution is 2.20. The standard InChI is InChI=1S/C11H18N2O2S/c1-4-5-8-10(11(14)15)16-9(12-8)6-7-13(2)3/h4-7H2,1-3H3,(H,14,15). The highest BCUT2D eigenvalue weighted by molar-refractivity contribution is 7.13. The van der Waals surface area contributed by atoms with Crippen molar-refractivity contribution in [1.82, 2.24) is 9.88 Å². The van der Waals surface area contributed by atoms with E-state index in [2.05, 4.69) is 9.88 Å². The Bertz CT molecular complexity index is 361. The van der Waals surface area contributed by atoms with Gasteiger partial charge in [0.25, 0.3) is 0 Å². The van der Waals surface area contributed by atoms with Gasteiger partial charge in [-0.3, -0.25) is 0 Å². The van der Waals surface area contributed by atoms with Crippen molar-refractivity contribution in [2.24, 2.45) is 0 Å². The van der Waals surface area contributed by atoms with Crippen LogP contribution in [0.3, 0.4) is 0 Å². The number of aromatic nitrogens is 1. The number of rotatable bonds is 6. The first-order valence-electron chi connectivity index (χ1n) is 5.41. The van der Waals surface area contributed by atoms with Crippen molar-refractivity contribution < 1.29 is 9.90 Å². The number of nitrogens with zero attached hydrogens (tertiary/aromatic N) is 2. The molecule has 1 rings (SSSR count). The maximum absolute atomic E-state index is 11.0. The fourth-order valence-electron chi connectivity index (χ4n) is 1.40. The van der Waals surface area contributed by atoms with E-state index in [-0.39, 0.29) is 0 Å². The average molecular weight is 242 g/mol. The lowest BCUT2D eigenvalue weighted by molar-refractivity contribution is 0.0700. The highest BCUT2D eigenvalue weighted by Gasteiger charge is 2.16. The van der Waals surface area contributed by atoms with Gasteiger partial charge in [-0.25, -0.2) is 9.78 Å². The molecule has 0 aliphatic rings. The molecule has 0 amide bonds. The third-order valence-electron chi connectivity index (χ3n) is 2.20. The number of hydrogen-bond donors (Lipinski definition) is 1. The van der Waals surface area contributed by atoms with E-state index in [0.29, 0.717) is 4.88 Å². The molecular formula is C11H18N2O2S. The van der Waals surface area contributed by atoms with Crippen LogP contribution < -0.4 is 0 Å². The molecule has 5 heteroatoms. The molecule has 1 heterocycles. The summed E-state index contributed by atoms with van der Waals surface area (Å²) in [6.45, 7) is 2.93. The summed E-state index contributed by atoms with van der Waals surface area (Å²) < 4.78 is 0. The summed E-state index contributed by atoms with van der Waals surface area (Å²) in [5.74, 6) is -0.850. The zero-order valence-electron chi connectivity index (χ0n) is 9.99. The Morgan fingerprint density at radius 3 is 2.62 bits per heavy atom. The Hall–Kier alpha value is -0.940. The molecule has 0 saturated heterocycles. The van der Waals surface area contributed by atoms with Crippen LogP contribution in [0.25, 0.3) is 0 Å². The molecule has 0 aliphatic heterocycles. The molecule has 0 aromatic carbocycles. The quantitative estimate of drug-likeness (QED) is 0.827. The molecule has 0 fully saturated rings. The molecule has 4 nitrogen and oxygen atoms in total. The van der Waals surface area contributed by atoms with Crippen LogP contribution in [0.5, 0.6) is 0 Å². The zero-order valence-corrected chi connectivity index (χ0v) is 10.8. The number of carboxylic acid groups (broad SMARTS) is 1. The van der Waals surface area contributed by atoms with Crippen molar-refractivity contribution in [3.05, 3.63) is 15.6 Å². The number of carbonyl (C=O) groups is 1. The van der Waals surface area contributed by atoms with Crippen LogP contribution in [0.15, 0.2) is 0 Å². The number of carboxylic acids is 1. The van der Waals surface area contributed by atoms with E-state index >= 15 is 0 Å². The normalized spacial score (nSPS) is 11.0. The second-order valence-electron chi connectivity index (χ2n) is 3.99. The molecule has 16 heavy (non-hydrogen) atoms. The first-order valence-corrected chi connectivity index (χ1v) is 6.22. The van der Waals surface area contributed by atoms with Gasteiger partial charge in [0.2, 0.25) is 0 Å². The fourth-order valence-corrected chi connectivity index (χ4v) is 2.34. The molecule has 0 saturated carbocycles. The van der Waals surface area contributed by atoms with Crippen LogP contribution in [0, 0.1) is 0 Å². The lowest BCUT2D eigenvalue weighted by Gasteiger charge is -2.06. The van der Waals surface area contributed by atoms with Gasteiger partial charge in [-0.2, -0.15) is 0 Å². The van der Waals surface area contributed by atoms with Crippen molar-refractivity contribution in [1.29, 1.82) is 0 Å². The molecule has 0 unspecified atom stereocenters. The van der Waals surface area contributed by atoms with Crippen molar-refractivity contribution in [3.63, 3.8) is 0 Å².